The van der Waals surface area contributed by atoms with Gasteiger partial charge in [-0.15, -0.1) is 0 Å². The van der Waals surface area contributed by atoms with Gasteiger partial charge in [-0.3, -0.25) is 0 Å². The van der Waals surface area contributed by atoms with E-state index in [1.165, 1.54) is 0 Å². The fraction of sp³-hybridized carbons (Fsp3) is 1.00. The summed E-state index contributed by atoms with van der Waals surface area (Å²) in [7, 11) is 4.07. The first-order valence-electron chi connectivity index (χ1n) is 3.33. The van der Waals surface area contributed by atoms with Crippen molar-refractivity contribution < 1.29 is 4.21 Å². The maximum Gasteiger partial charge on any atom is 0.192 e. The van der Waals surface area contributed by atoms with Crippen LogP contribution in [-0.2, 0) is 10.2 Å². The quantitative estimate of drug-likeness (QED) is 0.613. The van der Waals surface area contributed by atoms with Crippen molar-refractivity contribution in [2.45, 2.75) is 39.8 Å². The smallest absolute Gasteiger partial charge is 0.192 e. The van der Waals surface area contributed by atoms with Crippen LogP contribution in [0.5, 0.6) is 0 Å². The molecule has 0 rings (SSSR count). The molecule has 0 N–H and O–H groups in total. The van der Waals surface area contributed by atoms with Crippen molar-refractivity contribution in [3.63, 3.8) is 0 Å². The van der Waals surface area contributed by atoms with Gasteiger partial charge in [0.2, 0.25) is 0 Å². The van der Waals surface area contributed by atoms with E-state index in [0.29, 0.717) is 0 Å². The molecule has 10 heavy (non-hydrogen) atoms. The summed E-state index contributed by atoms with van der Waals surface area (Å²) in [5.74, 6) is 0. The van der Waals surface area contributed by atoms with E-state index in [4.69, 9.17) is 10.7 Å². The molecule has 4 heteroatoms. The molecule has 0 amide bonds. The monoisotopic (exact) mass is 183 g/mol. The van der Waals surface area contributed by atoms with Crippen LogP contribution in [0.1, 0.15) is 27.7 Å². The van der Waals surface area contributed by atoms with Crippen molar-refractivity contribution in [1.29, 1.82) is 0 Å². The molecule has 0 aliphatic rings. The van der Waals surface area contributed by atoms with Crippen LogP contribution in [0, 0.1) is 0 Å². The molecule has 0 spiro atoms. The van der Waals surface area contributed by atoms with Crippen molar-refractivity contribution in [3.8, 4) is 0 Å². The number of rotatable bonds is 3. The number of halogens is 1. The van der Waals surface area contributed by atoms with Crippen molar-refractivity contribution in [2.75, 3.05) is 0 Å². The third-order valence-corrected chi connectivity index (χ3v) is 2.84. The number of hydrogen-bond donors (Lipinski definition) is 0. The van der Waals surface area contributed by atoms with E-state index >= 15 is 0 Å². The van der Waals surface area contributed by atoms with Crippen LogP contribution >= 0.6 is 10.7 Å². The van der Waals surface area contributed by atoms with Crippen LogP contribution < -0.4 is 0 Å². The normalized spacial score (nSPS) is 15.2. The van der Waals surface area contributed by atoms with Crippen LogP contribution in [0.2, 0.25) is 0 Å². The van der Waals surface area contributed by atoms with E-state index in [0.717, 1.165) is 0 Å². The lowest BCUT2D eigenvalue weighted by Gasteiger charge is -2.25. The largest absolute Gasteiger partial charge is 0.225 e. The minimum Gasteiger partial charge on any atom is -0.225 e. The zero-order chi connectivity index (χ0) is 8.31. The molecule has 0 fully saturated rings. The molecule has 0 saturated carbocycles. The molecule has 0 radical (unpaired) electrons. The highest BCUT2D eigenvalue weighted by molar-refractivity contribution is 8.06. The summed E-state index contributed by atoms with van der Waals surface area (Å²) in [6.07, 6.45) is 0. The van der Waals surface area contributed by atoms with Gasteiger partial charge in [-0.1, -0.05) is 0 Å². The zero-order valence-electron chi connectivity index (χ0n) is 6.80. The van der Waals surface area contributed by atoms with E-state index < -0.39 is 10.2 Å². The fourth-order valence-electron chi connectivity index (χ4n) is 0.928. The first-order chi connectivity index (χ1) is 4.46. The molecule has 0 aromatic heterocycles. The van der Waals surface area contributed by atoms with E-state index in [1.54, 1.807) is 4.31 Å². The van der Waals surface area contributed by atoms with E-state index in [9.17, 15) is 4.21 Å². The molecule has 1 atom stereocenters. The van der Waals surface area contributed by atoms with Gasteiger partial charge >= 0.3 is 0 Å². The Morgan fingerprint density at radius 3 is 1.50 bits per heavy atom. The Kier molecular flexibility index (Phi) is 4.49. The van der Waals surface area contributed by atoms with E-state index in [1.807, 2.05) is 27.7 Å². The molecule has 1 unspecified atom stereocenters. The lowest BCUT2D eigenvalue weighted by atomic mass is 10.3. The van der Waals surface area contributed by atoms with Gasteiger partial charge in [-0.05, 0) is 27.7 Å². The van der Waals surface area contributed by atoms with Gasteiger partial charge in [0.05, 0.1) is 0 Å². The topological polar surface area (TPSA) is 20.3 Å². The molecule has 0 aliphatic carbocycles. The predicted octanol–water partition coefficient (Wildman–Crippen LogP) is 1.92. The summed E-state index contributed by atoms with van der Waals surface area (Å²) < 4.78 is 12.6. The van der Waals surface area contributed by atoms with Crippen LogP contribution in [-0.4, -0.2) is 20.6 Å². The second kappa shape index (κ2) is 4.31. The Hall–Kier alpha value is 0.400. The molecule has 0 aliphatic heterocycles. The first-order valence-corrected chi connectivity index (χ1v) is 5.26. The Labute approximate surface area is 69.6 Å². The molecule has 0 saturated heterocycles. The van der Waals surface area contributed by atoms with Gasteiger partial charge in [0.1, 0.15) is 0 Å². The van der Waals surface area contributed by atoms with Gasteiger partial charge in [0.15, 0.2) is 10.2 Å². The molecule has 62 valence electrons. The Morgan fingerprint density at radius 2 is 1.50 bits per heavy atom. The van der Waals surface area contributed by atoms with Crippen molar-refractivity contribution in [3.05, 3.63) is 0 Å². The molecule has 0 aromatic carbocycles. The number of hydrogen-bond acceptors (Lipinski definition) is 1. The molecule has 0 heterocycles. The summed E-state index contributed by atoms with van der Waals surface area (Å²) in [6.45, 7) is 7.89. The van der Waals surface area contributed by atoms with Crippen molar-refractivity contribution in [1.82, 2.24) is 4.31 Å². The second-order valence-corrected chi connectivity index (χ2v) is 4.38. The van der Waals surface area contributed by atoms with Gasteiger partial charge in [-0.25, -0.2) is 8.51 Å². The van der Waals surface area contributed by atoms with Crippen molar-refractivity contribution in [2.24, 2.45) is 0 Å². The minimum absolute atomic E-state index is 0.235. The first kappa shape index (κ1) is 10.4. The zero-order valence-corrected chi connectivity index (χ0v) is 8.37. The van der Waals surface area contributed by atoms with Crippen molar-refractivity contribution >= 4 is 20.9 Å². The maximum atomic E-state index is 10.8. The SMILES string of the molecule is CC(C)N(C(C)C)S(=O)Cl. The van der Waals surface area contributed by atoms with Crippen LogP contribution in [0.4, 0.5) is 0 Å². The van der Waals surface area contributed by atoms with Crippen LogP contribution in [0.15, 0.2) is 0 Å². The fourth-order valence-corrected chi connectivity index (χ4v) is 2.55. The van der Waals surface area contributed by atoms with Crippen LogP contribution in [0.25, 0.3) is 0 Å². The molecule has 2 nitrogen and oxygen atoms in total. The third-order valence-electron chi connectivity index (χ3n) is 1.18. The van der Waals surface area contributed by atoms with Gasteiger partial charge in [0.25, 0.3) is 0 Å². The van der Waals surface area contributed by atoms with E-state index in [2.05, 4.69) is 0 Å². The highest BCUT2D eigenvalue weighted by atomic mass is 35.7. The Bertz CT molecular complexity index is 119. The minimum atomic E-state index is -1.36. The standard InChI is InChI=1S/C6H14ClNOS/c1-5(2)8(6(3)4)10(7)9/h5-6H,1-4H3. The van der Waals surface area contributed by atoms with Crippen LogP contribution in [0.3, 0.4) is 0 Å². The van der Waals surface area contributed by atoms with E-state index in [-0.39, 0.29) is 12.1 Å². The van der Waals surface area contributed by atoms with Gasteiger partial charge < -0.3 is 0 Å². The summed E-state index contributed by atoms with van der Waals surface area (Å²) in [4.78, 5) is 0. The number of nitrogens with zero attached hydrogens (tertiary/aromatic N) is 1. The average molecular weight is 184 g/mol. The second-order valence-electron chi connectivity index (χ2n) is 2.75. The Balaban J connectivity index is 4.12. The third kappa shape index (κ3) is 2.99. The molecule has 0 bridgehead atoms. The highest BCUT2D eigenvalue weighted by Crippen LogP contribution is 2.10. The summed E-state index contributed by atoms with van der Waals surface area (Å²) in [5.41, 5.74) is 0. The molecular formula is C6H14ClNOS. The highest BCUT2D eigenvalue weighted by Gasteiger charge is 2.17. The predicted molar refractivity (Wildman–Crippen MR) is 46.1 cm³/mol. The lowest BCUT2D eigenvalue weighted by molar-refractivity contribution is 0.325. The maximum absolute atomic E-state index is 10.8. The lowest BCUT2D eigenvalue weighted by Crippen LogP contribution is -2.36. The Morgan fingerprint density at radius 1 is 1.20 bits per heavy atom. The van der Waals surface area contributed by atoms with Gasteiger partial charge in [-0.2, -0.15) is 0 Å². The summed E-state index contributed by atoms with van der Waals surface area (Å²) in [5, 5.41) is 0. The molecular weight excluding hydrogens is 170 g/mol. The summed E-state index contributed by atoms with van der Waals surface area (Å²) >= 11 is 0. The van der Waals surface area contributed by atoms with Gasteiger partial charge in [0, 0.05) is 22.8 Å². The molecule has 0 aromatic rings. The summed E-state index contributed by atoms with van der Waals surface area (Å²) in [6, 6.07) is 0.469. The average Bonchev–Trinajstić information content (AvgIpc) is 1.59.